The fourth-order valence-electron chi connectivity index (χ4n) is 1.81. The maximum atomic E-state index is 11.9. The predicted molar refractivity (Wildman–Crippen MR) is 86.3 cm³/mol. The molecule has 3 aromatic rings. The Morgan fingerprint density at radius 3 is 2.77 bits per heavy atom. The van der Waals surface area contributed by atoms with E-state index < -0.39 is 0 Å². The van der Waals surface area contributed by atoms with Gasteiger partial charge in [-0.2, -0.15) is 0 Å². The quantitative estimate of drug-likeness (QED) is 0.777. The zero-order chi connectivity index (χ0) is 15.4. The molecule has 0 radical (unpaired) electrons. The monoisotopic (exact) mass is 332 g/mol. The topological polar surface area (TPSA) is 77.0 Å². The van der Waals surface area contributed by atoms with Crippen LogP contribution in [0.5, 0.6) is 5.75 Å². The molecule has 0 bridgehead atoms. The highest BCUT2D eigenvalue weighted by Crippen LogP contribution is 2.26. The summed E-state index contributed by atoms with van der Waals surface area (Å²) in [5.41, 5.74) is 3.31. The number of thiazole rings is 1. The molecule has 3 rings (SSSR count). The molecule has 0 unspecified atom stereocenters. The van der Waals surface area contributed by atoms with Gasteiger partial charge in [0.15, 0.2) is 0 Å². The van der Waals surface area contributed by atoms with Gasteiger partial charge in [0.05, 0.1) is 19.2 Å². The van der Waals surface area contributed by atoms with Gasteiger partial charge in [0.25, 0.3) is 0 Å². The van der Waals surface area contributed by atoms with E-state index in [1.807, 2.05) is 29.6 Å². The fraction of sp³-hybridized carbons (Fsp3) is 0.143. The van der Waals surface area contributed by atoms with Crippen LogP contribution in [0.2, 0.25) is 0 Å². The lowest BCUT2D eigenvalue weighted by atomic mass is 10.2. The maximum Gasteiger partial charge on any atom is 0.232 e. The van der Waals surface area contributed by atoms with Crippen LogP contribution in [-0.2, 0) is 11.2 Å². The number of carbonyl (C=O) groups excluding carboxylic acids is 1. The number of nitrogens with one attached hydrogen (secondary N) is 1. The minimum atomic E-state index is -0.150. The Labute approximate surface area is 134 Å². The van der Waals surface area contributed by atoms with Crippen molar-refractivity contribution in [3.05, 3.63) is 40.8 Å². The molecule has 2 aromatic heterocycles. The number of benzene rings is 1. The SMILES string of the molecule is COc1ccc(-c2nc(CC(=O)Nc3nncs3)cs2)cc1. The van der Waals surface area contributed by atoms with Crippen LogP contribution in [0.1, 0.15) is 5.69 Å². The molecule has 1 amide bonds. The van der Waals surface area contributed by atoms with Gasteiger partial charge < -0.3 is 10.1 Å². The summed E-state index contributed by atoms with van der Waals surface area (Å²) in [6.07, 6.45) is 0.215. The number of amides is 1. The first-order valence-electron chi connectivity index (χ1n) is 6.39. The summed E-state index contributed by atoms with van der Waals surface area (Å²) in [6, 6.07) is 7.67. The van der Waals surface area contributed by atoms with E-state index in [2.05, 4.69) is 20.5 Å². The number of hydrogen-bond donors (Lipinski definition) is 1. The second-order valence-electron chi connectivity index (χ2n) is 4.34. The third-order valence-electron chi connectivity index (χ3n) is 2.84. The Kier molecular flexibility index (Phi) is 4.40. The number of methoxy groups -OCH3 is 1. The molecule has 8 heteroatoms. The zero-order valence-corrected chi connectivity index (χ0v) is 13.3. The van der Waals surface area contributed by atoms with Crippen molar-refractivity contribution in [3.63, 3.8) is 0 Å². The average molecular weight is 332 g/mol. The molecular weight excluding hydrogens is 320 g/mol. The summed E-state index contributed by atoms with van der Waals surface area (Å²) in [7, 11) is 1.63. The van der Waals surface area contributed by atoms with E-state index in [-0.39, 0.29) is 12.3 Å². The first kappa shape index (κ1) is 14.6. The van der Waals surface area contributed by atoms with Gasteiger partial charge >= 0.3 is 0 Å². The van der Waals surface area contributed by atoms with Gasteiger partial charge in [-0.1, -0.05) is 11.3 Å². The number of carbonyl (C=O) groups is 1. The number of rotatable bonds is 5. The molecule has 0 spiro atoms. The summed E-state index contributed by atoms with van der Waals surface area (Å²) in [4.78, 5) is 16.4. The Morgan fingerprint density at radius 2 is 2.09 bits per heavy atom. The van der Waals surface area contributed by atoms with E-state index in [1.54, 1.807) is 12.6 Å². The first-order valence-corrected chi connectivity index (χ1v) is 8.15. The average Bonchev–Trinajstić information content (AvgIpc) is 3.19. The van der Waals surface area contributed by atoms with E-state index in [9.17, 15) is 4.79 Å². The number of ether oxygens (including phenoxy) is 1. The first-order chi connectivity index (χ1) is 10.7. The fourth-order valence-corrected chi connectivity index (χ4v) is 3.10. The van der Waals surface area contributed by atoms with E-state index >= 15 is 0 Å². The Hall–Kier alpha value is -2.32. The number of hydrogen-bond acceptors (Lipinski definition) is 7. The predicted octanol–water partition coefficient (Wildman–Crippen LogP) is 2.85. The van der Waals surface area contributed by atoms with Crippen LogP contribution in [0.4, 0.5) is 5.13 Å². The van der Waals surface area contributed by atoms with Crippen LogP contribution < -0.4 is 10.1 Å². The molecule has 0 saturated carbocycles. The van der Waals surface area contributed by atoms with E-state index in [4.69, 9.17) is 4.74 Å². The lowest BCUT2D eigenvalue weighted by Crippen LogP contribution is -2.14. The van der Waals surface area contributed by atoms with Gasteiger partial charge in [0, 0.05) is 10.9 Å². The van der Waals surface area contributed by atoms with Crippen LogP contribution in [0.15, 0.2) is 35.2 Å². The third kappa shape index (κ3) is 3.46. The van der Waals surface area contributed by atoms with Crippen LogP contribution in [0.25, 0.3) is 10.6 Å². The van der Waals surface area contributed by atoms with Gasteiger partial charge in [-0.15, -0.1) is 21.5 Å². The molecule has 0 fully saturated rings. The molecule has 1 aromatic carbocycles. The van der Waals surface area contributed by atoms with E-state index in [0.29, 0.717) is 5.13 Å². The maximum absolute atomic E-state index is 11.9. The lowest BCUT2D eigenvalue weighted by molar-refractivity contribution is -0.115. The number of anilines is 1. The molecule has 22 heavy (non-hydrogen) atoms. The van der Waals surface area contributed by atoms with Crippen LogP contribution >= 0.6 is 22.7 Å². The van der Waals surface area contributed by atoms with Crippen molar-refractivity contribution in [2.24, 2.45) is 0 Å². The van der Waals surface area contributed by atoms with Crippen molar-refractivity contribution < 1.29 is 9.53 Å². The Balaban J connectivity index is 1.66. The summed E-state index contributed by atoms with van der Waals surface area (Å²) < 4.78 is 5.13. The Bertz CT molecular complexity index is 754. The molecular formula is C14H12N4O2S2. The van der Waals surface area contributed by atoms with Crippen molar-refractivity contribution in [2.45, 2.75) is 6.42 Å². The van der Waals surface area contributed by atoms with Gasteiger partial charge in [-0.25, -0.2) is 4.98 Å². The highest BCUT2D eigenvalue weighted by atomic mass is 32.1. The Morgan fingerprint density at radius 1 is 1.27 bits per heavy atom. The third-order valence-corrected chi connectivity index (χ3v) is 4.38. The number of nitrogens with zero attached hydrogens (tertiary/aromatic N) is 3. The van der Waals surface area contributed by atoms with Gasteiger partial charge in [0.2, 0.25) is 11.0 Å². The summed E-state index contributed by atoms with van der Waals surface area (Å²) in [6.45, 7) is 0. The van der Waals surface area contributed by atoms with Crippen LogP contribution in [0, 0.1) is 0 Å². The second-order valence-corrected chi connectivity index (χ2v) is 6.03. The smallest absolute Gasteiger partial charge is 0.232 e. The van der Waals surface area contributed by atoms with Crippen molar-refractivity contribution in [3.8, 4) is 16.3 Å². The summed E-state index contributed by atoms with van der Waals surface area (Å²) >= 11 is 2.79. The minimum absolute atomic E-state index is 0.150. The van der Waals surface area contributed by atoms with Crippen LogP contribution in [-0.4, -0.2) is 28.2 Å². The minimum Gasteiger partial charge on any atom is -0.497 e. The molecule has 0 aliphatic heterocycles. The molecule has 0 atom stereocenters. The van der Waals surface area contributed by atoms with Crippen LogP contribution in [0.3, 0.4) is 0 Å². The van der Waals surface area contributed by atoms with Crippen molar-refractivity contribution in [1.29, 1.82) is 0 Å². The molecule has 1 N–H and O–H groups in total. The second kappa shape index (κ2) is 6.63. The van der Waals surface area contributed by atoms with E-state index in [1.165, 1.54) is 22.7 Å². The molecule has 0 saturated heterocycles. The number of aromatic nitrogens is 3. The lowest BCUT2D eigenvalue weighted by Gasteiger charge is -2.00. The highest BCUT2D eigenvalue weighted by molar-refractivity contribution is 7.13. The highest BCUT2D eigenvalue weighted by Gasteiger charge is 2.10. The normalized spacial score (nSPS) is 10.4. The zero-order valence-electron chi connectivity index (χ0n) is 11.6. The van der Waals surface area contributed by atoms with Gasteiger partial charge in [-0.05, 0) is 24.3 Å². The summed E-state index contributed by atoms with van der Waals surface area (Å²) in [5.74, 6) is 0.653. The largest absolute Gasteiger partial charge is 0.497 e. The van der Waals surface area contributed by atoms with Gasteiger partial charge in [-0.3, -0.25) is 4.79 Å². The molecule has 112 valence electrons. The van der Waals surface area contributed by atoms with Crippen molar-refractivity contribution >= 4 is 33.7 Å². The van der Waals surface area contributed by atoms with Crippen molar-refractivity contribution in [1.82, 2.24) is 15.2 Å². The molecule has 0 aliphatic rings. The van der Waals surface area contributed by atoms with E-state index in [0.717, 1.165) is 22.0 Å². The molecule has 2 heterocycles. The van der Waals surface area contributed by atoms with Gasteiger partial charge in [0.1, 0.15) is 16.3 Å². The summed E-state index contributed by atoms with van der Waals surface area (Å²) in [5, 5.41) is 13.4. The molecule has 0 aliphatic carbocycles. The van der Waals surface area contributed by atoms with Crippen molar-refractivity contribution in [2.75, 3.05) is 12.4 Å². The molecule has 6 nitrogen and oxygen atoms in total. The standard InChI is InChI=1S/C14H12N4O2S2/c1-20-11-4-2-9(3-5-11)13-16-10(7-21-13)6-12(19)17-14-18-15-8-22-14/h2-5,7-8H,6H2,1H3,(H,17,18,19).